The molecule has 6 nitrogen and oxygen atoms in total. The van der Waals surface area contributed by atoms with Gasteiger partial charge in [0, 0.05) is 49.6 Å². The van der Waals surface area contributed by atoms with Gasteiger partial charge in [-0.25, -0.2) is 0 Å². The lowest BCUT2D eigenvalue weighted by Crippen LogP contribution is -2.29. The Morgan fingerprint density at radius 1 is 0.958 bits per heavy atom. The number of nitrogens with zero attached hydrogens (tertiary/aromatic N) is 2. The second-order valence-corrected chi connectivity index (χ2v) is 6.09. The van der Waals surface area contributed by atoms with Crippen LogP contribution in [0.15, 0.2) is 36.4 Å². The number of carbonyl (C=O) groups excluding carboxylic acids is 1. The second-order valence-electron chi connectivity index (χ2n) is 6.09. The number of carbonyl (C=O) groups is 1. The standard InChI is InChI=1S/C18H23N3O3/c22-16(10-13-21-17(23)8-9-18(21)24)19-14-4-6-15(7-5-14)20-11-2-1-3-12-20/h4-9,23-24H,1-3,10-13H2,(H,19,22). The number of piperidine rings is 1. The van der Waals surface area contributed by atoms with Gasteiger partial charge in [0.15, 0.2) is 11.8 Å². The summed E-state index contributed by atoms with van der Waals surface area (Å²) >= 11 is 0. The number of anilines is 2. The van der Waals surface area contributed by atoms with Gasteiger partial charge in [-0.3, -0.25) is 9.36 Å². The van der Waals surface area contributed by atoms with E-state index in [0.717, 1.165) is 18.8 Å². The fourth-order valence-corrected chi connectivity index (χ4v) is 3.02. The summed E-state index contributed by atoms with van der Waals surface area (Å²) in [6.45, 7) is 2.41. The molecular weight excluding hydrogens is 306 g/mol. The highest BCUT2D eigenvalue weighted by Gasteiger charge is 2.11. The SMILES string of the molecule is O=C(CCn1c(O)ccc1O)Nc1ccc(N2CCCCC2)cc1. The molecule has 1 aliphatic rings. The van der Waals surface area contributed by atoms with Crippen molar-refractivity contribution in [2.24, 2.45) is 0 Å². The minimum absolute atomic E-state index is 0.0498. The summed E-state index contributed by atoms with van der Waals surface area (Å²) in [5.41, 5.74) is 1.94. The highest BCUT2D eigenvalue weighted by atomic mass is 16.3. The molecule has 1 saturated heterocycles. The average Bonchev–Trinajstić information content (AvgIpc) is 2.93. The smallest absolute Gasteiger partial charge is 0.226 e. The van der Waals surface area contributed by atoms with E-state index in [9.17, 15) is 15.0 Å². The van der Waals surface area contributed by atoms with Crippen molar-refractivity contribution in [3.8, 4) is 11.8 Å². The van der Waals surface area contributed by atoms with Gasteiger partial charge in [-0.1, -0.05) is 0 Å². The predicted octanol–water partition coefficient (Wildman–Crippen LogP) is 2.92. The Morgan fingerprint density at radius 2 is 1.58 bits per heavy atom. The summed E-state index contributed by atoms with van der Waals surface area (Å²) in [5, 5.41) is 21.9. The number of hydrogen-bond acceptors (Lipinski definition) is 4. The van der Waals surface area contributed by atoms with Gasteiger partial charge in [-0.05, 0) is 43.5 Å². The molecular formula is C18H23N3O3. The van der Waals surface area contributed by atoms with Crippen LogP contribution >= 0.6 is 0 Å². The van der Waals surface area contributed by atoms with Crippen LogP contribution in [0.2, 0.25) is 0 Å². The van der Waals surface area contributed by atoms with Crippen molar-refractivity contribution in [3.05, 3.63) is 36.4 Å². The molecule has 0 aliphatic carbocycles. The molecule has 0 radical (unpaired) electrons. The first kappa shape index (κ1) is 16.2. The number of aromatic hydroxyl groups is 2. The lowest BCUT2D eigenvalue weighted by Gasteiger charge is -2.28. The van der Waals surface area contributed by atoms with Gasteiger partial charge in [0.25, 0.3) is 0 Å². The lowest BCUT2D eigenvalue weighted by molar-refractivity contribution is -0.116. The Kier molecular flexibility index (Phi) is 4.93. The Balaban J connectivity index is 1.52. The van der Waals surface area contributed by atoms with Gasteiger partial charge in [0.05, 0.1) is 0 Å². The summed E-state index contributed by atoms with van der Waals surface area (Å²) < 4.78 is 1.29. The Labute approximate surface area is 141 Å². The molecule has 0 unspecified atom stereocenters. The third-order valence-electron chi connectivity index (χ3n) is 4.37. The Bertz CT molecular complexity index is 669. The van der Waals surface area contributed by atoms with Gasteiger partial charge in [-0.15, -0.1) is 0 Å². The number of nitrogens with one attached hydrogen (secondary N) is 1. The van der Waals surface area contributed by atoms with Gasteiger partial charge < -0.3 is 20.4 Å². The minimum atomic E-state index is -0.159. The molecule has 0 atom stereocenters. The van der Waals surface area contributed by atoms with Crippen LogP contribution in [0, 0.1) is 0 Å². The summed E-state index contributed by atoms with van der Waals surface area (Å²) in [5.74, 6) is -0.259. The van der Waals surface area contributed by atoms with E-state index in [4.69, 9.17) is 0 Å². The van der Waals surface area contributed by atoms with Crippen LogP contribution < -0.4 is 10.2 Å². The molecule has 0 spiro atoms. The fourth-order valence-electron chi connectivity index (χ4n) is 3.02. The van der Waals surface area contributed by atoms with Crippen LogP contribution in [0.25, 0.3) is 0 Å². The van der Waals surface area contributed by atoms with Crippen molar-refractivity contribution in [2.45, 2.75) is 32.2 Å². The van der Waals surface area contributed by atoms with Crippen molar-refractivity contribution in [2.75, 3.05) is 23.3 Å². The highest BCUT2D eigenvalue weighted by molar-refractivity contribution is 5.90. The van der Waals surface area contributed by atoms with Crippen LogP contribution in [0.3, 0.4) is 0 Å². The maximum Gasteiger partial charge on any atom is 0.226 e. The molecule has 1 aromatic carbocycles. The monoisotopic (exact) mass is 329 g/mol. The number of amides is 1. The molecule has 24 heavy (non-hydrogen) atoms. The first-order valence-corrected chi connectivity index (χ1v) is 8.36. The minimum Gasteiger partial charge on any atom is -0.494 e. The fraction of sp³-hybridized carbons (Fsp3) is 0.389. The summed E-state index contributed by atoms with van der Waals surface area (Å²) in [7, 11) is 0. The first-order valence-electron chi connectivity index (χ1n) is 8.36. The number of hydrogen-bond donors (Lipinski definition) is 3. The molecule has 3 N–H and O–H groups in total. The maximum absolute atomic E-state index is 12.0. The summed E-state index contributed by atoms with van der Waals surface area (Å²) in [6, 6.07) is 10.7. The summed E-state index contributed by atoms with van der Waals surface area (Å²) in [4.78, 5) is 14.4. The molecule has 2 heterocycles. The van der Waals surface area contributed by atoms with Crippen LogP contribution in [-0.4, -0.2) is 33.8 Å². The van der Waals surface area contributed by atoms with Crippen molar-refractivity contribution < 1.29 is 15.0 Å². The topological polar surface area (TPSA) is 77.7 Å². The zero-order valence-corrected chi connectivity index (χ0v) is 13.6. The van der Waals surface area contributed by atoms with Crippen LogP contribution in [0.1, 0.15) is 25.7 Å². The third-order valence-corrected chi connectivity index (χ3v) is 4.37. The van der Waals surface area contributed by atoms with Crippen LogP contribution in [0.5, 0.6) is 11.8 Å². The van der Waals surface area contributed by atoms with Gasteiger partial charge in [-0.2, -0.15) is 0 Å². The Hall–Kier alpha value is -2.63. The maximum atomic E-state index is 12.0. The van der Waals surface area contributed by atoms with Crippen LogP contribution in [-0.2, 0) is 11.3 Å². The molecule has 1 amide bonds. The van der Waals surface area contributed by atoms with Gasteiger partial charge >= 0.3 is 0 Å². The van der Waals surface area contributed by atoms with E-state index in [0.29, 0.717) is 0 Å². The van der Waals surface area contributed by atoms with Crippen molar-refractivity contribution in [1.82, 2.24) is 4.57 Å². The van der Waals surface area contributed by atoms with E-state index >= 15 is 0 Å². The molecule has 1 aliphatic heterocycles. The second kappa shape index (κ2) is 7.29. The van der Waals surface area contributed by atoms with E-state index in [1.807, 2.05) is 24.3 Å². The molecule has 3 rings (SSSR count). The number of benzene rings is 1. The lowest BCUT2D eigenvalue weighted by atomic mass is 10.1. The van der Waals surface area contributed by atoms with E-state index in [1.54, 1.807) is 0 Å². The zero-order chi connectivity index (χ0) is 16.9. The largest absolute Gasteiger partial charge is 0.494 e. The highest BCUT2D eigenvalue weighted by Crippen LogP contribution is 2.23. The van der Waals surface area contributed by atoms with E-state index < -0.39 is 0 Å². The van der Waals surface area contributed by atoms with Crippen LogP contribution in [0.4, 0.5) is 11.4 Å². The van der Waals surface area contributed by atoms with E-state index in [1.165, 1.54) is 41.6 Å². The average molecular weight is 329 g/mol. The molecule has 2 aromatic rings. The Morgan fingerprint density at radius 3 is 2.21 bits per heavy atom. The zero-order valence-electron chi connectivity index (χ0n) is 13.6. The molecule has 1 fully saturated rings. The van der Waals surface area contributed by atoms with Gasteiger partial charge in [0.2, 0.25) is 5.91 Å². The summed E-state index contributed by atoms with van der Waals surface area (Å²) in [6.07, 6.45) is 3.94. The van der Waals surface area contributed by atoms with Crippen molar-refractivity contribution in [3.63, 3.8) is 0 Å². The number of rotatable bonds is 5. The quantitative estimate of drug-likeness (QED) is 0.788. The van der Waals surface area contributed by atoms with Crippen molar-refractivity contribution >= 4 is 17.3 Å². The number of aromatic nitrogens is 1. The van der Waals surface area contributed by atoms with Crippen molar-refractivity contribution in [1.29, 1.82) is 0 Å². The van der Waals surface area contributed by atoms with E-state index in [-0.39, 0.29) is 30.6 Å². The van der Waals surface area contributed by atoms with Gasteiger partial charge in [0.1, 0.15) is 0 Å². The third kappa shape index (κ3) is 3.82. The first-order chi connectivity index (χ1) is 11.6. The molecule has 0 saturated carbocycles. The molecule has 0 bridgehead atoms. The molecule has 6 heteroatoms. The molecule has 128 valence electrons. The normalized spacial score (nSPS) is 14.6. The molecule has 1 aromatic heterocycles. The van der Waals surface area contributed by atoms with E-state index in [2.05, 4.69) is 10.2 Å². The predicted molar refractivity (Wildman–Crippen MR) is 93.5 cm³/mol.